The largest absolute Gasteiger partial charge is 0.487 e. The minimum Gasteiger partial charge on any atom is -0.487 e. The highest BCUT2D eigenvalue weighted by Crippen LogP contribution is 2.29. The highest BCUT2D eigenvalue weighted by molar-refractivity contribution is 5.77. The van der Waals surface area contributed by atoms with Gasteiger partial charge < -0.3 is 25.0 Å². The Morgan fingerprint density at radius 2 is 1.89 bits per heavy atom. The standard InChI is InChI=1S/C20H22FN3O4.C3H7NO.C3H6/c1-13-8-14(15-4-6-22-19(9-15)23-12-26)2-3-17(13)28-18-5-7-24(10-16(18)21)20(27)11-25;1-4(2)3-5;1-2-3-1/h2-4,6,8-9,12,16,18,25H,5,7,10-11H2,1H3,(H,22,23,26);3H,1-2H3;1-3H2. The number of hydrogen-bond acceptors (Lipinski definition) is 6. The molecule has 9 nitrogen and oxygen atoms in total. The van der Waals surface area contributed by atoms with Crippen molar-refractivity contribution in [1.82, 2.24) is 14.8 Å². The van der Waals surface area contributed by atoms with Gasteiger partial charge in [0, 0.05) is 33.3 Å². The van der Waals surface area contributed by atoms with Gasteiger partial charge in [-0.15, -0.1) is 0 Å². The second-order valence-corrected chi connectivity index (χ2v) is 8.76. The number of anilines is 1. The van der Waals surface area contributed by atoms with Crippen LogP contribution in [-0.2, 0) is 14.4 Å². The molecule has 2 aliphatic rings. The van der Waals surface area contributed by atoms with Gasteiger partial charge in [-0.25, -0.2) is 9.37 Å². The monoisotopic (exact) mass is 502 g/mol. The molecule has 0 bridgehead atoms. The Balaban J connectivity index is 0.000000490. The number of carbonyl (C=O) groups is 3. The number of carbonyl (C=O) groups excluding carboxylic acids is 3. The number of aryl methyl sites for hydroxylation is 1. The maximum Gasteiger partial charge on any atom is 0.248 e. The van der Waals surface area contributed by atoms with Gasteiger partial charge in [0.1, 0.15) is 24.3 Å². The molecule has 1 aromatic heterocycles. The van der Waals surface area contributed by atoms with Crippen LogP contribution >= 0.6 is 0 Å². The fourth-order valence-electron chi connectivity index (χ4n) is 3.22. The average molecular weight is 503 g/mol. The number of nitrogens with zero attached hydrogens (tertiary/aromatic N) is 3. The molecule has 36 heavy (non-hydrogen) atoms. The van der Waals surface area contributed by atoms with Gasteiger partial charge in [0.05, 0.1) is 6.54 Å². The van der Waals surface area contributed by atoms with Gasteiger partial charge in [0.15, 0.2) is 6.17 Å². The molecule has 2 atom stereocenters. The van der Waals surface area contributed by atoms with E-state index in [2.05, 4.69) is 10.3 Å². The molecule has 0 spiro atoms. The first-order valence-corrected chi connectivity index (χ1v) is 11.9. The molecule has 3 amide bonds. The summed E-state index contributed by atoms with van der Waals surface area (Å²) < 4.78 is 20.3. The van der Waals surface area contributed by atoms with Crippen molar-refractivity contribution in [3.63, 3.8) is 0 Å². The minimum absolute atomic E-state index is 0.0787. The van der Waals surface area contributed by atoms with Crippen LogP contribution in [0.1, 0.15) is 31.2 Å². The molecule has 2 heterocycles. The molecule has 4 rings (SSSR count). The van der Waals surface area contributed by atoms with E-state index in [0.29, 0.717) is 30.9 Å². The summed E-state index contributed by atoms with van der Waals surface area (Å²) >= 11 is 0. The van der Waals surface area contributed by atoms with Gasteiger partial charge in [0.25, 0.3) is 0 Å². The third-order valence-electron chi connectivity index (χ3n) is 5.29. The van der Waals surface area contributed by atoms with E-state index in [4.69, 9.17) is 9.84 Å². The minimum atomic E-state index is -1.32. The number of halogens is 1. The van der Waals surface area contributed by atoms with Crippen molar-refractivity contribution >= 4 is 24.5 Å². The summed E-state index contributed by atoms with van der Waals surface area (Å²) in [7, 11) is 3.38. The van der Waals surface area contributed by atoms with Crippen molar-refractivity contribution in [2.24, 2.45) is 0 Å². The smallest absolute Gasteiger partial charge is 0.248 e. The molecule has 2 aromatic rings. The van der Waals surface area contributed by atoms with E-state index in [1.165, 1.54) is 29.1 Å². The first kappa shape index (κ1) is 28.7. The van der Waals surface area contributed by atoms with Gasteiger partial charge in [0.2, 0.25) is 18.7 Å². The molecule has 0 radical (unpaired) electrons. The molecule has 1 saturated carbocycles. The number of aromatic nitrogens is 1. The molecule has 1 aromatic carbocycles. The van der Waals surface area contributed by atoms with E-state index < -0.39 is 24.8 Å². The number of ether oxygens (including phenoxy) is 1. The number of likely N-dealkylation sites (tertiary alicyclic amines) is 1. The number of amides is 3. The molecule has 2 fully saturated rings. The molecular weight excluding hydrogens is 467 g/mol. The highest BCUT2D eigenvalue weighted by atomic mass is 19.1. The van der Waals surface area contributed by atoms with Crippen molar-refractivity contribution in [3.8, 4) is 16.9 Å². The molecule has 1 aliphatic heterocycles. The Hall–Kier alpha value is -3.53. The number of piperidine rings is 1. The predicted octanol–water partition coefficient (Wildman–Crippen LogP) is 2.81. The number of nitrogens with one attached hydrogen (secondary N) is 1. The number of pyridine rings is 1. The van der Waals surface area contributed by atoms with Crippen LogP contribution < -0.4 is 10.1 Å². The second-order valence-electron chi connectivity index (χ2n) is 8.76. The number of aliphatic hydroxyl groups is 1. The third kappa shape index (κ3) is 9.61. The van der Waals surface area contributed by atoms with E-state index >= 15 is 0 Å². The van der Waals surface area contributed by atoms with Crippen LogP contribution in [0.3, 0.4) is 0 Å². The average Bonchev–Trinajstić information content (AvgIpc) is 3.76. The normalized spacial score (nSPS) is 17.9. The lowest BCUT2D eigenvalue weighted by Crippen LogP contribution is -2.50. The second kappa shape index (κ2) is 14.8. The van der Waals surface area contributed by atoms with Gasteiger partial charge in [-0.1, -0.05) is 25.3 Å². The van der Waals surface area contributed by atoms with Crippen LogP contribution in [0.2, 0.25) is 0 Å². The molecule has 10 heteroatoms. The summed E-state index contributed by atoms with van der Waals surface area (Å²) in [6.07, 6.45) is 5.83. The third-order valence-corrected chi connectivity index (χ3v) is 5.29. The van der Waals surface area contributed by atoms with Crippen LogP contribution in [0.25, 0.3) is 11.1 Å². The number of aliphatic hydroxyl groups excluding tert-OH is 1. The molecule has 1 saturated heterocycles. The van der Waals surface area contributed by atoms with Crippen LogP contribution in [-0.4, -0.2) is 84.7 Å². The first-order chi connectivity index (χ1) is 17.3. The summed E-state index contributed by atoms with van der Waals surface area (Å²) in [6.45, 7) is 1.54. The molecule has 2 N–H and O–H groups in total. The van der Waals surface area contributed by atoms with Gasteiger partial charge >= 0.3 is 0 Å². The van der Waals surface area contributed by atoms with Crippen LogP contribution in [0.15, 0.2) is 36.5 Å². The Morgan fingerprint density at radius 1 is 1.22 bits per heavy atom. The summed E-state index contributed by atoms with van der Waals surface area (Å²) in [4.78, 5) is 38.3. The SMILES string of the molecule is C1CC1.CN(C)C=O.Cc1cc(-c2ccnc(NC=O)c2)ccc1OC1CCN(C(=O)CO)CC1F. The Labute approximate surface area is 211 Å². The lowest BCUT2D eigenvalue weighted by atomic mass is 10.0. The Bertz CT molecular complexity index is 999. The zero-order valence-corrected chi connectivity index (χ0v) is 21.0. The molecule has 196 valence electrons. The van der Waals surface area contributed by atoms with Crippen molar-refractivity contribution in [3.05, 3.63) is 42.1 Å². The maximum absolute atomic E-state index is 14.4. The van der Waals surface area contributed by atoms with Crippen molar-refractivity contribution in [2.75, 3.05) is 39.1 Å². The van der Waals surface area contributed by atoms with E-state index in [9.17, 15) is 18.8 Å². The zero-order chi connectivity index (χ0) is 26.5. The summed E-state index contributed by atoms with van der Waals surface area (Å²) in [5.41, 5.74) is 2.65. The topological polar surface area (TPSA) is 112 Å². The molecular formula is C26H35FN4O5. The number of rotatable bonds is 7. The van der Waals surface area contributed by atoms with E-state index in [-0.39, 0.29) is 6.54 Å². The number of benzene rings is 1. The van der Waals surface area contributed by atoms with Gasteiger partial charge in [-0.3, -0.25) is 14.4 Å². The fourth-order valence-corrected chi connectivity index (χ4v) is 3.22. The lowest BCUT2D eigenvalue weighted by molar-refractivity contribution is -0.138. The van der Waals surface area contributed by atoms with Gasteiger partial charge in [-0.2, -0.15) is 0 Å². The van der Waals surface area contributed by atoms with E-state index in [1.54, 1.807) is 32.4 Å². The highest BCUT2D eigenvalue weighted by Gasteiger charge is 2.33. The van der Waals surface area contributed by atoms with Gasteiger partial charge in [-0.05, 0) is 47.9 Å². The fraction of sp³-hybridized carbons (Fsp3) is 0.462. The van der Waals surface area contributed by atoms with Crippen molar-refractivity contribution in [2.45, 2.75) is 44.9 Å². The maximum atomic E-state index is 14.4. The Kier molecular flexibility index (Phi) is 11.8. The zero-order valence-electron chi connectivity index (χ0n) is 21.0. The molecule has 2 unspecified atom stereocenters. The lowest BCUT2D eigenvalue weighted by Gasteiger charge is -2.34. The van der Waals surface area contributed by atoms with Crippen molar-refractivity contribution < 1.29 is 28.6 Å². The summed E-state index contributed by atoms with van der Waals surface area (Å²) in [5, 5.41) is 11.4. The predicted molar refractivity (Wildman–Crippen MR) is 135 cm³/mol. The van der Waals surface area contributed by atoms with Crippen molar-refractivity contribution in [1.29, 1.82) is 0 Å². The summed E-state index contributed by atoms with van der Waals surface area (Å²) in [6, 6.07) is 9.16. The molecule has 1 aliphatic carbocycles. The van der Waals surface area contributed by atoms with E-state index in [1.807, 2.05) is 25.1 Å². The Morgan fingerprint density at radius 3 is 2.42 bits per heavy atom. The summed E-state index contributed by atoms with van der Waals surface area (Å²) in [5.74, 6) is 0.566. The first-order valence-electron chi connectivity index (χ1n) is 11.9. The van der Waals surface area contributed by atoms with Crippen LogP contribution in [0.5, 0.6) is 5.75 Å². The number of alkyl halides is 1. The number of hydrogen-bond donors (Lipinski definition) is 2. The van der Waals surface area contributed by atoms with Crippen LogP contribution in [0, 0.1) is 6.92 Å². The quantitative estimate of drug-likeness (QED) is 0.563. The van der Waals surface area contributed by atoms with Crippen LogP contribution in [0.4, 0.5) is 10.2 Å². The van der Waals surface area contributed by atoms with E-state index in [0.717, 1.165) is 23.1 Å².